The highest BCUT2D eigenvalue weighted by atomic mass is 16.5. The van der Waals surface area contributed by atoms with Crippen LogP contribution < -0.4 is 5.32 Å². The lowest BCUT2D eigenvalue weighted by atomic mass is 10.0. The van der Waals surface area contributed by atoms with Gasteiger partial charge in [-0.25, -0.2) is 0 Å². The summed E-state index contributed by atoms with van der Waals surface area (Å²) in [5.74, 6) is -0.105. The lowest BCUT2D eigenvalue weighted by Crippen LogP contribution is -2.45. The summed E-state index contributed by atoms with van der Waals surface area (Å²) >= 11 is 0. The molecule has 0 aromatic heterocycles. The maximum absolute atomic E-state index is 12.5. The molecule has 0 rings (SSSR count). The summed E-state index contributed by atoms with van der Waals surface area (Å²) in [5, 5.41) is 23.2. The molecule has 0 saturated heterocycles. The van der Waals surface area contributed by atoms with Crippen molar-refractivity contribution in [2.45, 2.75) is 341 Å². The number of aliphatic hydroxyl groups is 2. The van der Waals surface area contributed by atoms with E-state index in [0.29, 0.717) is 19.4 Å². The molecule has 1 amide bonds. The second kappa shape index (κ2) is 58.6. The SMILES string of the molecule is CCCCCC/C=C\C/C=C\CCCCCCCC(=O)OCCCCCCCCCCCCCCC(=O)NC(CO)C(O)/C=C/CCCCCCCCCCCCCCCCCCCCCCCC. The lowest BCUT2D eigenvalue weighted by Gasteiger charge is -2.20. The molecule has 0 aliphatic rings. The molecule has 2 atom stereocenters. The first-order valence-electron chi connectivity index (χ1n) is 30.8. The van der Waals surface area contributed by atoms with E-state index in [1.165, 1.54) is 231 Å². The van der Waals surface area contributed by atoms with Gasteiger partial charge in [-0.05, 0) is 64.2 Å². The molecular formula is C63H119NO5. The van der Waals surface area contributed by atoms with Gasteiger partial charge in [-0.3, -0.25) is 9.59 Å². The monoisotopic (exact) mass is 970 g/mol. The van der Waals surface area contributed by atoms with Gasteiger partial charge in [0.25, 0.3) is 0 Å². The first kappa shape index (κ1) is 67.1. The van der Waals surface area contributed by atoms with E-state index >= 15 is 0 Å². The number of ether oxygens (including phenoxy) is 1. The number of carbonyl (C=O) groups is 2. The van der Waals surface area contributed by atoms with Gasteiger partial charge in [0.2, 0.25) is 5.91 Å². The second-order valence-corrected chi connectivity index (χ2v) is 21.0. The summed E-state index contributed by atoms with van der Waals surface area (Å²) in [6.45, 7) is 4.86. The average molecular weight is 971 g/mol. The molecule has 0 aromatic carbocycles. The summed E-state index contributed by atoms with van der Waals surface area (Å²) in [4.78, 5) is 24.6. The van der Waals surface area contributed by atoms with Crippen LogP contribution in [-0.4, -0.2) is 47.4 Å². The Morgan fingerprint density at radius 1 is 0.406 bits per heavy atom. The van der Waals surface area contributed by atoms with Crippen molar-refractivity contribution in [3.05, 3.63) is 36.5 Å². The van der Waals surface area contributed by atoms with Crippen molar-refractivity contribution in [2.75, 3.05) is 13.2 Å². The maximum atomic E-state index is 12.5. The Labute approximate surface area is 430 Å². The minimum absolute atomic E-state index is 0.0237. The van der Waals surface area contributed by atoms with Gasteiger partial charge in [0, 0.05) is 12.8 Å². The largest absolute Gasteiger partial charge is 0.466 e. The van der Waals surface area contributed by atoms with Gasteiger partial charge in [0.1, 0.15) is 0 Å². The Bertz CT molecular complexity index is 1120. The summed E-state index contributed by atoms with van der Waals surface area (Å²) in [6.07, 6.45) is 73.1. The van der Waals surface area contributed by atoms with Gasteiger partial charge in [-0.15, -0.1) is 0 Å². The molecule has 406 valence electrons. The highest BCUT2D eigenvalue weighted by Crippen LogP contribution is 2.17. The topological polar surface area (TPSA) is 95.9 Å². The molecule has 0 bridgehead atoms. The predicted molar refractivity (Wildman–Crippen MR) is 301 cm³/mol. The first-order chi connectivity index (χ1) is 34.0. The van der Waals surface area contributed by atoms with E-state index in [0.717, 1.165) is 70.6 Å². The van der Waals surface area contributed by atoms with Crippen molar-refractivity contribution >= 4 is 11.9 Å². The highest BCUT2D eigenvalue weighted by Gasteiger charge is 2.18. The van der Waals surface area contributed by atoms with Crippen LogP contribution in [0.25, 0.3) is 0 Å². The second-order valence-electron chi connectivity index (χ2n) is 21.0. The minimum Gasteiger partial charge on any atom is -0.466 e. The van der Waals surface area contributed by atoms with Crippen molar-refractivity contribution in [1.29, 1.82) is 0 Å². The molecule has 0 heterocycles. The van der Waals surface area contributed by atoms with Crippen molar-refractivity contribution in [3.8, 4) is 0 Å². The van der Waals surface area contributed by atoms with E-state index in [9.17, 15) is 19.8 Å². The van der Waals surface area contributed by atoms with Crippen molar-refractivity contribution in [1.82, 2.24) is 5.32 Å². The van der Waals surface area contributed by atoms with E-state index in [1.54, 1.807) is 6.08 Å². The quantitative estimate of drug-likeness (QED) is 0.0321. The molecule has 0 radical (unpaired) electrons. The number of amides is 1. The standard InChI is InChI=1S/C63H119NO5/c1-3-5-7-9-11-13-15-17-19-21-22-23-24-25-26-27-28-29-31-35-39-43-47-51-55-61(66)60(59-65)64-62(67)56-52-48-44-40-36-33-34-38-42-46-50-54-58-69-63(68)57-53-49-45-41-37-32-30-20-18-16-14-12-10-8-6-4-2/h14,16,20,30,51,55,60-61,65-66H,3-13,15,17-19,21-29,31-50,52-54,56-59H2,1-2H3,(H,64,67)/b16-14-,30-20-,55-51+. The van der Waals surface area contributed by atoms with Crippen LogP contribution in [0.15, 0.2) is 36.5 Å². The van der Waals surface area contributed by atoms with Crippen molar-refractivity contribution < 1.29 is 24.5 Å². The first-order valence-corrected chi connectivity index (χ1v) is 30.8. The molecule has 2 unspecified atom stereocenters. The van der Waals surface area contributed by atoms with Crippen molar-refractivity contribution in [3.63, 3.8) is 0 Å². The number of allylic oxidation sites excluding steroid dienone is 5. The Morgan fingerprint density at radius 3 is 1.12 bits per heavy atom. The molecular weight excluding hydrogens is 851 g/mol. The number of nitrogens with one attached hydrogen (secondary N) is 1. The number of aliphatic hydroxyl groups excluding tert-OH is 2. The number of hydrogen-bond acceptors (Lipinski definition) is 5. The van der Waals surface area contributed by atoms with E-state index in [2.05, 4.69) is 43.5 Å². The Kier molecular flexibility index (Phi) is 57.0. The van der Waals surface area contributed by atoms with Crippen LogP contribution in [-0.2, 0) is 14.3 Å². The molecule has 0 aromatic rings. The van der Waals surface area contributed by atoms with Crippen LogP contribution in [0, 0.1) is 0 Å². The zero-order valence-corrected chi connectivity index (χ0v) is 46.3. The predicted octanol–water partition coefficient (Wildman–Crippen LogP) is 19.2. The number of unbranched alkanes of at least 4 members (excludes halogenated alkanes) is 42. The molecule has 6 nitrogen and oxygen atoms in total. The normalized spacial score (nSPS) is 12.8. The Balaban J connectivity index is 3.49. The molecule has 0 spiro atoms. The van der Waals surface area contributed by atoms with Crippen LogP contribution in [0.1, 0.15) is 328 Å². The molecule has 0 aliphatic carbocycles. The fraction of sp³-hybridized carbons (Fsp3) is 0.873. The van der Waals surface area contributed by atoms with Gasteiger partial charge in [-0.1, -0.05) is 288 Å². The summed E-state index contributed by atoms with van der Waals surface area (Å²) < 4.78 is 5.47. The smallest absolute Gasteiger partial charge is 0.305 e. The molecule has 0 aliphatic heterocycles. The summed E-state index contributed by atoms with van der Waals surface area (Å²) in [6, 6.07) is -0.642. The fourth-order valence-electron chi connectivity index (χ4n) is 9.43. The molecule has 3 N–H and O–H groups in total. The summed E-state index contributed by atoms with van der Waals surface area (Å²) in [5.41, 5.74) is 0. The molecule has 0 saturated carbocycles. The minimum atomic E-state index is -0.857. The number of hydrogen-bond donors (Lipinski definition) is 3. The van der Waals surface area contributed by atoms with E-state index in [4.69, 9.17) is 4.74 Å². The van der Waals surface area contributed by atoms with E-state index in [-0.39, 0.29) is 18.5 Å². The van der Waals surface area contributed by atoms with Crippen LogP contribution in [0.4, 0.5) is 0 Å². The molecule has 0 fully saturated rings. The maximum Gasteiger partial charge on any atom is 0.305 e. The number of rotatable bonds is 57. The third-order valence-electron chi connectivity index (χ3n) is 14.2. The molecule has 69 heavy (non-hydrogen) atoms. The van der Waals surface area contributed by atoms with E-state index in [1.807, 2.05) is 6.08 Å². The Hall–Kier alpha value is -1.92. The zero-order chi connectivity index (χ0) is 50.0. The lowest BCUT2D eigenvalue weighted by molar-refractivity contribution is -0.143. The highest BCUT2D eigenvalue weighted by molar-refractivity contribution is 5.76. The van der Waals surface area contributed by atoms with Crippen LogP contribution in [0.5, 0.6) is 0 Å². The molecule has 6 heteroatoms. The Morgan fingerprint density at radius 2 is 0.725 bits per heavy atom. The van der Waals surface area contributed by atoms with Crippen LogP contribution in [0.2, 0.25) is 0 Å². The van der Waals surface area contributed by atoms with Gasteiger partial charge < -0.3 is 20.3 Å². The third kappa shape index (κ3) is 55.2. The van der Waals surface area contributed by atoms with Gasteiger partial charge in [-0.2, -0.15) is 0 Å². The van der Waals surface area contributed by atoms with Crippen molar-refractivity contribution in [2.24, 2.45) is 0 Å². The van der Waals surface area contributed by atoms with Gasteiger partial charge in [0.05, 0.1) is 25.4 Å². The van der Waals surface area contributed by atoms with Crippen LogP contribution in [0.3, 0.4) is 0 Å². The van der Waals surface area contributed by atoms with Crippen LogP contribution >= 0.6 is 0 Å². The van der Waals surface area contributed by atoms with Gasteiger partial charge >= 0.3 is 5.97 Å². The average Bonchev–Trinajstić information content (AvgIpc) is 3.35. The number of esters is 1. The summed E-state index contributed by atoms with van der Waals surface area (Å²) in [7, 11) is 0. The van der Waals surface area contributed by atoms with Gasteiger partial charge in [0.15, 0.2) is 0 Å². The van der Waals surface area contributed by atoms with E-state index < -0.39 is 12.1 Å². The third-order valence-corrected chi connectivity index (χ3v) is 14.2. The zero-order valence-electron chi connectivity index (χ0n) is 46.3. The number of carbonyl (C=O) groups excluding carboxylic acids is 2. The fourth-order valence-corrected chi connectivity index (χ4v) is 9.43.